The number of benzene rings is 1. The highest BCUT2D eigenvalue weighted by Crippen LogP contribution is 2.47. The van der Waals surface area contributed by atoms with Crippen molar-refractivity contribution >= 4 is 22.6 Å². The lowest BCUT2D eigenvalue weighted by Crippen LogP contribution is -2.35. The highest BCUT2D eigenvalue weighted by Gasteiger charge is 2.43. The number of aryl methyl sites for hydroxylation is 1. The van der Waals surface area contributed by atoms with Gasteiger partial charge in [0.05, 0.1) is 33.9 Å². The number of para-hydroxylation sites is 2. The van der Waals surface area contributed by atoms with Crippen molar-refractivity contribution in [2.75, 3.05) is 5.32 Å². The van der Waals surface area contributed by atoms with E-state index in [-0.39, 0.29) is 16.8 Å². The smallest absolute Gasteiger partial charge is 0.270 e. The Labute approximate surface area is 161 Å². The van der Waals surface area contributed by atoms with Gasteiger partial charge in [0.25, 0.3) is 5.56 Å². The Bertz CT molecular complexity index is 1230. The molecule has 2 aromatic heterocycles. The lowest BCUT2D eigenvalue weighted by molar-refractivity contribution is -0.118. The molecule has 3 heterocycles. The number of allylic oxidation sites excluding steroid dienone is 2. The summed E-state index contributed by atoms with van der Waals surface area (Å²) in [5.74, 6) is 0.139. The van der Waals surface area contributed by atoms with Crippen molar-refractivity contribution in [3.63, 3.8) is 0 Å². The number of carbonyl (C=O) groups excluding carboxylic acids is 1. The van der Waals surface area contributed by atoms with Crippen molar-refractivity contribution < 1.29 is 4.79 Å². The molecular formula is C21H21N5O2. The second-order valence-electron chi connectivity index (χ2n) is 8.44. The number of ketones is 1. The van der Waals surface area contributed by atoms with Crippen LogP contribution in [0.15, 0.2) is 40.3 Å². The van der Waals surface area contributed by atoms with Gasteiger partial charge < -0.3 is 5.32 Å². The zero-order valence-electron chi connectivity index (χ0n) is 16.0. The molecule has 0 fully saturated rings. The van der Waals surface area contributed by atoms with E-state index in [9.17, 15) is 9.59 Å². The van der Waals surface area contributed by atoms with Gasteiger partial charge in [0, 0.05) is 17.7 Å². The molecule has 1 aliphatic carbocycles. The molecule has 1 aromatic carbocycles. The molecule has 3 N–H and O–H groups in total. The van der Waals surface area contributed by atoms with Crippen LogP contribution in [-0.2, 0) is 4.79 Å². The molecule has 0 saturated heterocycles. The molecule has 2 aliphatic rings. The van der Waals surface area contributed by atoms with Crippen molar-refractivity contribution in [3.8, 4) is 0 Å². The molecule has 142 valence electrons. The highest BCUT2D eigenvalue weighted by molar-refractivity contribution is 6.01. The van der Waals surface area contributed by atoms with Crippen LogP contribution in [0.1, 0.15) is 49.6 Å². The van der Waals surface area contributed by atoms with Gasteiger partial charge in [0.1, 0.15) is 5.82 Å². The third-order valence-corrected chi connectivity index (χ3v) is 5.64. The maximum atomic E-state index is 13.2. The predicted octanol–water partition coefficient (Wildman–Crippen LogP) is 3.16. The molecule has 0 radical (unpaired) electrons. The van der Waals surface area contributed by atoms with E-state index in [1.54, 1.807) is 0 Å². The van der Waals surface area contributed by atoms with Crippen molar-refractivity contribution in [3.05, 3.63) is 62.8 Å². The Morgan fingerprint density at radius 2 is 1.75 bits per heavy atom. The third-order valence-electron chi connectivity index (χ3n) is 5.64. The van der Waals surface area contributed by atoms with Crippen molar-refractivity contribution in [2.45, 2.75) is 39.5 Å². The molecular weight excluding hydrogens is 354 g/mol. The van der Waals surface area contributed by atoms with Gasteiger partial charge in [-0.05, 0) is 30.9 Å². The number of rotatable bonds is 1. The van der Waals surface area contributed by atoms with Gasteiger partial charge in [0.15, 0.2) is 5.78 Å². The van der Waals surface area contributed by atoms with Gasteiger partial charge >= 0.3 is 0 Å². The molecule has 1 aliphatic heterocycles. The van der Waals surface area contributed by atoms with Crippen LogP contribution in [0.3, 0.4) is 0 Å². The summed E-state index contributed by atoms with van der Waals surface area (Å²) >= 11 is 0. The SMILES string of the molecule is Cc1nc2ccccc2nc1[C@H]1C2=C(CC(C)(C)CC2=O)Nc2[nH][nH]c(=O)c21. The van der Waals surface area contributed by atoms with Gasteiger partial charge in [-0.1, -0.05) is 26.0 Å². The van der Waals surface area contributed by atoms with Crippen LogP contribution >= 0.6 is 0 Å². The van der Waals surface area contributed by atoms with Crippen molar-refractivity contribution in [1.29, 1.82) is 0 Å². The molecule has 0 saturated carbocycles. The number of carbonyl (C=O) groups is 1. The van der Waals surface area contributed by atoms with Crippen LogP contribution in [-0.4, -0.2) is 25.9 Å². The molecule has 0 amide bonds. The molecule has 7 heteroatoms. The maximum Gasteiger partial charge on any atom is 0.270 e. The van der Waals surface area contributed by atoms with E-state index in [1.165, 1.54) is 0 Å². The van der Waals surface area contributed by atoms with E-state index >= 15 is 0 Å². The first-order chi connectivity index (χ1) is 13.3. The molecule has 0 spiro atoms. The Morgan fingerprint density at radius 3 is 2.50 bits per heavy atom. The van der Waals surface area contributed by atoms with Crippen molar-refractivity contribution in [2.24, 2.45) is 5.41 Å². The minimum absolute atomic E-state index is 0.0596. The summed E-state index contributed by atoms with van der Waals surface area (Å²) in [5.41, 5.74) is 4.56. The van der Waals surface area contributed by atoms with E-state index in [1.807, 2.05) is 31.2 Å². The average Bonchev–Trinajstić information content (AvgIpc) is 2.99. The van der Waals surface area contributed by atoms with Crippen LogP contribution in [0, 0.1) is 12.3 Å². The number of aromatic nitrogens is 4. The molecule has 0 bridgehead atoms. The summed E-state index contributed by atoms with van der Waals surface area (Å²) in [6, 6.07) is 7.64. The minimum atomic E-state index is -0.526. The van der Waals surface area contributed by atoms with Gasteiger partial charge in [-0.25, -0.2) is 9.97 Å². The van der Waals surface area contributed by atoms with Crippen LogP contribution in [0.25, 0.3) is 11.0 Å². The summed E-state index contributed by atoms with van der Waals surface area (Å²) in [4.78, 5) is 35.3. The number of nitrogens with one attached hydrogen (secondary N) is 3. The Balaban J connectivity index is 1.80. The number of H-pyrrole nitrogens is 2. The van der Waals surface area contributed by atoms with E-state index in [2.05, 4.69) is 34.3 Å². The molecule has 0 unspecified atom stereocenters. The molecule has 5 rings (SSSR count). The quantitative estimate of drug-likeness (QED) is 0.606. The number of aromatic amines is 2. The number of hydrogen-bond donors (Lipinski definition) is 3. The zero-order valence-corrected chi connectivity index (χ0v) is 16.0. The van der Waals surface area contributed by atoms with E-state index in [0.29, 0.717) is 29.1 Å². The largest absolute Gasteiger partial charge is 0.343 e. The minimum Gasteiger partial charge on any atom is -0.343 e. The molecule has 7 nitrogen and oxygen atoms in total. The number of Topliss-reactive ketones (excluding diaryl/α,β-unsaturated/α-hetero) is 1. The Hall–Kier alpha value is -3.22. The Kier molecular flexibility index (Phi) is 3.41. The van der Waals surface area contributed by atoms with E-state index < -0.39 is 5.92 Å². The highest BCUT2D eigenvalue weighted by atomic mass is 16.1. The fraction of sp³-hybridized carbons (Fsp3) is 0.333. The molecule has 1 atom stereocenters. The number of nitrogens with zero attached hydrogens (tertiary/aromatic N) is 2. The Morgan fingerprint density at radius 1 is 1.04 bits per heavy atom. The monoisotopic (exact) mass is 375 g/mol. The fourth-order valence-corrected chi connectivity index (χ4v) is 4.47. The zero-order chi connectivity index (χ0) is 19.6. The number of anilines is 1. The van der Waals surface area contributed by atoms with Gasteiger partial charge in [0.2, 0.25) is 0 Å². The number of fused-ring (bicyclic) bond motifs is 2. The average molecular weight is 375 g/mol. The topological polar surface area (TPSA) is 104 Å². The second-order valence-corrected chi connectivity index (χ2v) is 8.44. The third kappa shape index (κ3) is 2.42. The summed E-state index contributed by atoms with van der Waals surface area (Å²) in [6.45, 7) is 6.05. The fourth-order valence-electron chi connectivity index (χ4n) is 4.47. The first kappa shape index (κ1) is 16.9. The first-order valence-electron chi connectivity index (χ1n) is 9.41. The van der Waals surface area contributed by atoms with Crippen LogP contribution in [0.2, 0.25) is 0 Å². The number of hydrogen-bond acceptors (Lipinski definition) is 5. The summed E-state index contributed by atoms with van der Waals surface area (Å²) in [7, 11) is 0. The van der Waals surface area contributed by atoms with Gasteiger partial charge in [-0.2, -0.15) is 0 Å². The van der Waals surface area contributed by atoms with Crippen LogP contribution in [0.4, 0.5) is 5.82 Å². The maximum absolute atomic E-state index is 13.2. The van der Waals surface area contributed by atoms with Crippen molar-refractivity contribution in [1.82, 2.24) is 20.2 Å². The summed E-state index contributed by atoms with van der Waals surface area (Å²) in [5, 5.41) is 8.85. The standard InChI is InChI=1S/C21H21N5O2/c1-10-18(23-12-7-5-4-6-11(12)22-10)16-15-13(8-21(2,3)9-14(15)27)24-19-17(16)20(28)26-25-19/h4-7,16H,8-9H2,1-3H3,(H3,24,25,26,28)/t16-/m0/s1. The normalized spacial score (nSPS) is 20.7. The lowest BCUT2D eigenvalue weighted by Gasteiger charge is -2.37. The van der Waals surface area contributed by atoms with E-state index in [0.717, 1.165) is 28.8 Å². The first-order valence-corrected chi connectivity index (χ1v) is 9.41. The molecule has 3 aromatic rings. The lowest BCUT2D eigenvalue weighted by atomic mass is 9.70. The summed E-state index contributed by atoms with van der Waals surface area (Å²) < 4.78 is 0. The second kappa shape index (κ2) is 5.64. The van der Waals surface area contributed by atoms with E-state index in [4.69, 9.17) is 4.98 Å². The predicted molar refractivity (Wildman–Crippen MR) is 106 cm³/mol. The van der Waals surface area contributed by atoms with Crippen LogP contribution in [0.5, 0.6) is 0 Å². The van der Waals surface area contributed by atoms with Gasteiger partial charge in [-0.3, -0.25) is 19.8 Å². The summed E-state index contributed by atoms with van der Waals surface area (Å²) in [6.07, 6.45) is 1.18. The van der Waals surface area contributed by atoms with Crippen LogP contribution < -0.4 is 10.9 Å². The van der Waals surface area contributed by atoms with Gasteiger partial charge in [-0.15, -0.1) is 0 Å². The molecule has 28 heavy (non-hydrogen) atoms.